The van der Waals surface area contributed by atoms with E-state index in [0.717, 1.165) is 0 Å². The molecule has 5 rings (SSSR count). The van der Waals surface area contributed by atoms with E-state index < -0.39 is 121 Å². The van der Waals surface area contributed by atoms with E-state index in [1.54, 1.807) is 84.9 Å². The summed E-state index contributed by atoms with van der Waals surface area (Å²) >= 11 is 0. The largest absolute Gasteiger partial charge is 0.508 e. The summed E-state index contributed by atoms with van der Waals surface area (Å²) in [6, 6.07) is 21.9. The Hall–Kier alpha value is -9.58. The third kappa shape index (κ3) is 25.0. The van der Waals surface area contributed by atoms with Crippen LogP contribution in [-0.4, -0.2) is 141 Å². The summed E-state index contributed by atoms with van der Waals surface area (Å²) < 4.78 is 63.5. The number of amides is 8. The second-order valence-corrected chi connectivity index (χ2v) is 17.7. The molecule has 4 aromatic rings. The first kappa shape index (κ1) is 66.7. The van der Waals surface area contributed by atoms with Gasteiger partial charge in [-0.3, -0.25) is 49.2 Å². The van der Waals surface area contributed by atoms with E-state index in [-0.39, 0.29) is 50.0 Å². The highest BCUT2D eigenvalue weighted by atomic mass is 19.4. The fourth-order valence-electron chi connectivity index (χ4n) is 6.93. The highest BCUT2D eigenvalue weighted by molar-refractivity contribution is 5.96. The summed E-state index contributed by atoms with van der Waals surface area (Å²) in [6.45, 7) is -1.30. The van der Waals surface area contributed by atoms with Crippen LogP contribution in [0, 0.1) is 0 Å². The van der Waals surface area contributed by atoms with Crippen molar-refractivity contribution in [1.82, 2.24) is 42.8 Å². The van der Waals surface area contributed by atoms with E-state index in [1.165, 1.54) is 36.4 Å². The number of phenols is 2. The Kier molecular flexibility index (Phi) is 26.4. The van der Waals surface area contributed by atoms with Crippen LogP contribution in [0.4, 0.5) is 26.3 Å². The molecule has 1 aliphatic heterocycles. The highest BCUT2D eigenvalue weighted by Gasteiger charge is 2.39. The van der Waals surface area contributed by atoms with Gasteiger partial charge in [-0.1, -0.05) is 97.1 Å². The van der Waals surface area contributed by atoms with Crippen molar-refractivity contribution in [3.8, 4) is 11.5 Å². The topological polar surface area (TPSA) is 400 Å². The van der Waals surface area contributed by atoms with Crippen molar-refractivity contribution in [2.45, 2.75) is 87.1 Å². The number of hydrazine groups is 1. The number of carbonyl (C=O) groups excluding carboxylic acids is 8. The van der Waals surface area contributed by atoms with E-state index in [1.807, 2.05) is 0 Å². The number of benzene rings is 4. The van der Waals surface area contributed by atoms with E-state index >= 15 is 0 Å². The predicted octanol–water partition coefficient (Wildman–Crippen LogP) is -0.0414. The fraction of sp³-hybridized carbons (Fsp3) is 0.308. The van der Waals surface area contributed by atoms with Crippen LogP contribution in [0.1, 0.15) is 35.1 Å². The molecule has 1 heterocycles. The SMILES string of the molecule is N[C@@H](Cc1ccc(O)cc1)C(=O)N[C@@H]1C/C=C/C[C@@H](NC(=O)[C@@H](N)Cc2ccc(O)cc2)C(=O)NCC(=O)N[C@@H](Cc2ccccc2)C(=O)NNC(=O)[C@H](Cc2ccccc2)NC(=O)CNC1=O.O=C(O)C(F)(F)F.O=C(O)C(F)(F)F. The van der Waals surface area contributed by atoms with E-state index in [4.69, 9.17) is 31.3 Å². The molecule has 4 aromatic carbocycles. The molecule has 0 fully saturated rings. The minimum absolute atomic E-state index is 0.0154. The van der Waals surface area contributed by atoms with Crippen LogP contribution in [0.15, 0.2) is 121 Å². The maximum absolute atomic E-state index is 13.7. The van der Waals surface area contributed by atoms with Crippen LogP contribution in [0.25, 0.3) is 0 Å². The molecule has 0 saturated carbocycles. The summed E-state index contributed by atoms with van der Waals surface area (Å²) in [5.74, 6) is -11.8. The minimum atomic E-state index is -5.08. The number of nitrogens with two attached hydrogens (primary N) is 2. The summed E-state index contributed by atoms with van der Waals surface area (Å²) in [5, 5.41) is 48.9. The molecular formula is C52H58F6N10O14. The number of alkyl halides is 6. The molecule has 30 heteroatoms. The summed E-state index contributed by atoms with van der Waals surface area (Å²) in [4.78, 5) is 126. The Morgan fingerprint density at radius 2 is 0.805 bits per heavy atom. The number of hydrogen-bond acceptors (Lipinski definition) is 14. The number of halogens is 6. The van der Waals surface area contributed by atoms with Gasteiger partial charge in [0.15, 0.2) is 0 Å². The first-order valence-corrected chi connectivity index (χ1v) is 24.3. The smallest absolute Gasteiger partial charge is 0.490 e. The number of phenolic OH excluding ortho intramolecular Hbond substituents is 2. The number of carboxylic acid groups (broad SMARTS) is 2. The van der Waals surface area contributed by atoms with Crippen molar-refractivity contribution in [3.05, 3.63) is 144 Å². The zero-order valence-corrected chi connectivity index (χ0v) is 43.0. The molecule has 8 amide bonds. The van der Waals surface area contributed by atoms with Crippen molar-refractivity contribution in [3.63, 3.8) is 0 Å². The third-order valence-electron chi connectivity index (χ3n) is 11.1. The molecule has 16 N–H and O–H groups in total. The summed E-state index contributed by atoms with van der Waals surface area (Å²) in [5.41, 5.74) is 19.6. The van der Waals surface area contributed by atoms with Crippen LogP contribution in [0.5, 0.6) is 11.5 Å². The van der Waals surface area contributed by atoms with Crippen LogP contribution in [-0.2, 0) is 73.6 Å². The van der Waals surface area contributed by atoms with Gasteiger partial charge in [0.25, 0.3) is 11.8 Å². The maximum atomic E-state index is 13.7. The lowest BCUT2D eigenvalue weighted by molar-refractivity contribution is -0.193. The zero-order chi connectivity index (χ0) is 61.2. The lowest BCUT2D eigenvalue weighted by Crippen LogP contribution is -2.59. The van der Waals surface area contributed by atoms with Crippen molar-refractivity contribution in [2.75, 3.05) is 13.1 Å². The second-order valence-electron chi connectivity index (χ2n) is 17.7. The van der Waals surface area contributed by atoms with Gasteiger partial charge in [0.2, 0.25) is 35.4 Å². The highest BCUT2D eigenvalue weighted by Crippen LogP contribution is 2.16. The Bertz CT molecular complexity index is 2660. The van der Waals surface area contributed by atoms with Crippen molar-refractivity contribution in [1.29, 1.82) is 0 Å². The minimum Gasteiger partial charge on any atom is -0.508 e. The molecule has 24 nitrogen and oxygen atoms in total. The summed E-state index contributed by atoms with van der Waals surface area (Å²) in [7, 11) is 0. The summed E-state index contributed by atoms with van der Waals surface area (Å²) in [6.07, 6.45) is -7.60. The van der Waals surface area contributed by atoms with E-state index in [9.17, 15) is 74.9 Å². The van der Waals surface area contributed by atoms with Crippen molar-refractivity contribution < 1.29 is 94.7 Å². The number of carboxylic acids is 2. The van der Waals surface area contributed by atoms with Gasteiger partial charge >= 0.3 is 24.3 Å². The number of hydrogen-bond donors (Lipinski definition) is 14. The van der Waals surface area contributed by atoms with Gasteiger partial charge < -0.3 is 63.8 Å². The molecule has 0 aromatic heterocycles. The molecule has 0 radical (unpaired) electrons. The molecule has 0 spiro atoms. The van der Waals surface area contributed by atoms with E-state index in [0.29, 0.717) is 22.3 Å². The molecule has 0 unspecified atom stereocenters. The molecule has 1 aliphatic rings. The average Bonchev–Trinajstić information content (AvgIpc) is 3.44. The monoisotopic (exact) mass is 1160 g/mol. The molecule has 82 heavy (non-hydrogen) atoms. The van der Waals surface area contributed by atoms with Crippen LogP contribution in [0.2, 0.25) is 0 Å². The lowest BCUT2D eigenvalue weighted by Gasteiger charge is -2.23. The number of carbonyl (C=O) groups is 10. The first-order valence-electron chi connectivity index (χ1n) is 24.3. The third-order valence-corrected chi connectivity index (χ3v) is 11.1. The molecule has 0 saturated heterocycles. The van der Waals surface area contributed by atoms with E-state index in [2.05, 4.69) is 42.8 Å². The predicted molar refractivity (Wildman–Crippen MR) is 276 cm³/mol. The maximum Gasteiger partial charge on any atom is 0.490 e. The fourth-order valence-corrected chi connectivity index (χ4v) is 6.93. The normalized spacial score (nSPS) is 18.9. The standard InChI is InChI=1S/C48H56N10O10.2C2HF3O2/c49-35(23-31-15-19-33(59)20-16-31)43(63)55-37-13-7-8-14-38(56-44(64)36(50)24-32-17-21-34(60)22-18-32)46(66)52-28-42(62)54-40(26-30-11-5-2-6-12-30)48(68)58-57-47(67)39(25-29-9-3-1-4-10-29)53-41(61)27-51-45(37)65;2*3-2(4,5)1(6)7/h1-12,15-22,35-40,59-60H,13-14,23-28,49-50H2,(H,51,65)(H,52,66)(H,53,61)(H,54,62)(H,55,63)(H,56,64)(H,57,67)(H,58,68);2*(H,6,7)/b8-7+;;/t35-,36-,37+,38+,39-,40-;;/m0../s1. The van der Waals surface area contributed by atoms with Gasteiger partial charge in [0.1, 0.15) is 35.7 Å². The number of aromatic hydroxyl groups is 2. The zero-order valence-electron chi connectivity index (χ0n) is 43.0. The second kappa shape index (κ2) is 32.5. The van der Waals surface area contributed by atoms with Crippen molar-refractivity contribution in [2.24, 2.45) is 11.5 Å². The number of nitrogens with one attached hydrogen (secondary N) is 8. The molecule has 6 atom stereocenters. The molecule has 442 valence electrons. The number of aliphatic carboxylic acids is 2. The number of rotatable bonds is 12. The van der Waals surface area contributed by atoms with Crippen LogP contribution < -0.4 is 54.2 Å². The Balaban J connectivity index is 0.00000111. The Morgan fingerprint density at radius 1 is 0.500 bits per heavy atom. The van der Waals surface area contributed by atoms with Gasteiger partial charge in [0.05, 0.1) is 25.2 Å². The Morgan fingerprint density at radius 3 is 1.10 bits per heavy atom. The quantitative estimate of drug-likeness (QED) is 0.0654. The molecule has 0 aliphatic carbocycles. The van der Waals surface area contributed by atoms with Gasteiger partial charge in [-0.2, -0.15) is 26.3 Å². The first-order chi connectivity index (χ1) is 38.5. The van der Waals surface area contributed by atoms with Gasteiger partial charge in [-0.15, -0.1) is 0 Å². The van der Waals surface area contributed by atoms with Crippen molar-refractivity contribution >= 4 is 59.2 Å². The van der Waals surface area contributed by atoms with Crippen LogP contribution in [0.3, 0.4) is 0 Å². The lowest BCUT2D eigenvalue weighted by atomic mass is 10.0. The average molecular weight is 1160 g/mol. The Labute approximate surface area is 462 Å². The molecular weight excluding hydrogens is 1100 g/mol. The molecule has 0 bridgehead atoms. The van der Waals surface area contributed by atoms with Gasteiger partial charge in [-0.25, -0.2) is 9.59 Å². The van der Waals surface area contributed by atoms with Crippen LogP contribution >= 0.6 is 0 Å². The van der Waals surface area contributed by atoms with Gasteiger partial charge in [-0.05, 0) is 72.2 Å². The van der Waals surface area contributed by atoms with Gasteiger partial charge in [0, 0.05) is 12.8 Å².